The number of rotatable bonds is 8. The second-order valence-electron chi connectivity index (χ2n) is 6.46. The van der Waals surface area contributed by atoms with Crippen LogP contribution in [0, 0.1) is 0 Å². The van der Waals surface area contributed by atoms with E-state index in [0.29, 0.717) is 25.1 Å². The van der Waals surface area contributed by atoms with E-state index < -0.39 is 17.9 Å². The van der Waals surface area contributed by atoms with E-state index in [-0.39, 0.29) is 18.4 Å². The first-order valence-electron chi connectivity index (χ1n) is 9.18. The van der Waals surface area contributed by atoms with Gasteiger partial charge in [-0.25, -0.2) is 0 Å². The first-order valence-corrected chi connectivity index (χ1v) is 9.18. The number of carbonyl (C=O) groups excluding carboxylic acids is 4. The average Bonchev–Trinajstić information content (AvgIpc) is 3.10. The summed E-state index contributed by atoms with van der Waals surface area (Å²) in [6, 6.07) is 6.01. The van der Waals surface area contributed by atoms with Crippen molar-refractivity contribution in [3.63, 3.8) is 0 Å². The van der Waals surface area contributed by atoms with Crippen molar-refractivity contribution in [3.8, 4) is 0 Å². The van der Waals surface area contributed by atoms with Crippen molar-refractivity contribution < 1.29 is 19.2 Å². The van der Waals surface area contributed by atoms with Gasteiger partial charge >= 0.3 is 0 Å². The first-order chi connectivity index (χ1) is 12.9. The SMILES string of the molecule is CCCNC(=O)[C@H](C)NC(=O)CNC(=O)c1ccc(N2CCCC2=O)cc1. The molecule has 0 radical (unpaired) electrons. The zero-order valence-corrected chi connectivity index (χ0v) is 15.7. The van der Waals surface area contributed by atoms with Crippen LogP contribution in [0.2, 0.25) is 0 Å². The Balaban J connectivity index is 1.80. The lowest BCUT2D eigenvalue weighted by molar-refractivity contribution is -0.128. The summed E-state index contributed by atoms with van der Waals surface area (Å²) in [5.41, 5.74) is 1.16. The van der Waals surface area contributed by atoms with Crippen LogP contribution in [0.4, 0.5) is 5.69 Å². The van der Waals surface area contributed by atoms with Crippen molar-refractivity contribution >= 4 is 29.3 Å². The molecule has 8 heteroatoms. The van der Waals surface area contributed by atoms with Crippen molar-refractivity contribution in [1.82, 2.24) is 16.0 Å². The Morgan fingerprint density at radius 1 is 1.15 bits per heavy atom. The maximum absolute atomic E-state index is 12.2. The Morgan fingerprint density at radius 3 is 2.44 bits per heavy atom. The van der Waals surface area contributed by atoms with Gasteiger partial charge in [-0.2, -0.15) is 0 Å². The molecule has 0 spiro atoms. The molecule has 1 aromatic carbocycles. The third kappa shape index (κ3) is 5.80. The monoisotopic (exact) mass is 374 g/mol. The lowest BCUT2D eigenvalue weighted by Gasteiger charge is -2.16. The second-order valence-corrected chi connectivity index (χ2v) is 6.46. The molecule has 1 saturated heterocycles. The molecule has 1 atom stereocenters. The smallest absolute Gasteiger partial charge is 0.251 e. The Morgan fingerprint density at radius 2 is 1.85 bits per heavy atom. The zero-order valence-electron chi connectivity index (χ0n) is 15.7. The van der Waals surface area contributed by atoms with Crippen LogP contribution in [0.25, 0.3) is 0 Å². The predicted octanol–water partition coefficient (Wildman–Crippen LogP) is 0.574. The van der Waals surface area contributed by atoms with Gasteiger partial charge in [-0.3, -0.25) is 19.2 Å². The molecule has 0 saturated carbocycles. The molecule has 0 unspecified atom stereocenters. The summed E-state index contributed by atoms with van der Waals surface area (Å²) in [6.45, 7) is 4.54. The highest BCUT2D eigenvalue weighted by Gasteiger charge is 2.22. The average molecular weight is 374 g/mol. The number of benzene rings is 1. The van der Waals surface area contributed by atoms with Crippen LogP contribution in [-0.4, -0.2) is 49.3 Å². The number of amides is 4. The van der Waals surface area contributed by atoms with Gasteiger partial charge in [0, 0.05) is 30.8 Å². The van der Waals surface area contributed by atoms with E-state index in [9.17, 15) is 19.2 Å². The summed E-state index contributed by atoms with van der Waals surface area (Å²) >= 11 is 0. The van der Waals surface area contributed by atoms with E-state index in [1.807, 2.05) is 6.92 Å². The summed E-state index contributed by atoms with van der Waals surface area (Å²) in [7, 11) is 0. The summed E-state index contributed by atoms with van der Waals surface area (Å²) < 4.78 is 0. The maximum atomic E-state index is 12.2. The number of anilines is 1. The van der Waals surface area contributed by atoms with Gasteiger partial charge in [0.1, 0.15) is 6.04 Å². The van der Waals surface area contributed by atoms with Gasteiger partial charge in [0.2, 0.25) is 17.7 Å². The molecule has 0 bridgehead atoms. The van der Waals surface area contributed by atoms with E-state index in [1.54, 1.807) is 36.1 Å². The molecule has 4 amide bonds. The molecule has 1 aromatic rings. The number of carbonyl (C=O) groups is 4. The molecule has 3 N–H and O–H groups in total. The molecule has 0 aromatic heterocycles. The van der Waals surface area contributed by atoms with Gasteiger partial charge in [0.15, 0.2) is 0 Å². The molecule has 0 aliphatic carbocycles. The van der Waals surface area contributed by atoms with E-state index in [1.165, 1.54) is 0 Å². The van der Waals surface area contributed by atoms with Crippen molar-refractivity contribution in [3.05, 3.63) is 29.8 Å². The lowest BCUT2D eigenvalue weighted by atomic mass is 10.2. The minimum atomic E-state index is -0.668. The molecule has 1 heterocycles. The van der Waals surface area contributed by atoms with Crippen LogP contribution >= 0.6 is 0 Å². The molecule has 1 aliphatic heterocycles. The van der Waals surface area contributed by atoms with Crippen LogP contribution in [0.5, 0.6) is 0 Å². The number of nitrogens with zero attached hydrogens (tertiary/aromatic N) is 1. The Labute approximate surface area is 158 Å². The first kappa shape index (κ1) is 20.4. The van der Waals surface area contributed by atoms with Gasteiger partial charge in [0.25, 0.3) is 5.91 Å². The molecular weight excluding hydrogens is 348 g/mol. The van der Waals surface area contributed by atoms with Crippen LogP contribution in [-0.2, 0) is 14.4 Å². The van der Waals surface area contributed by atoms with Gasteiger partial charge in [-0.15, -0.1) is 0 Å². The maximum Gasteiger partial charge on any atom is 0.251 e. The highest BCUT2D eigenvalue weighted by atomic mass is 16.2. The van der Waals surface area contributed by atoms with E-state index >= 15 is 0 Å². The van der Waals surface area contributed by atoms with E-state index in [0.717, 1.165) is 18.5 Å². The summed E-state index contributed by atoms with van der Waals surface area (Å²) in [4.78, 5) is 49.2. The van der Waals surface area contributed by atoms with Crippen LogP contribution < -0.4 is 20.9 Å². The molecule has 146 valence electrons. The third-order valence-electron chi connectivity index (χ3n) is 4.24. The minimum absolute atomic E-state index is 0.0842. The summed E-state index contributed by atoms with van der Waals surface area (Å²) in [6.07, 6.45) is 2.20. The van der Waals surface area contributed by atoms with Gasteiger partial charge in [-0.1, -0.05) is 6.92 Å². The van der Waals surface area contributed by atoms with Crippen LogP contribution in [0.3, 0.4) is 0 Å². The largest absolute Gasteiger partial charge is 0.354 e. The van der Waals surface area contributed by atoms with Crippen LogP contribution in [0.15, 0.2) is 24.3 Å². The van der Waals surface area contributed by atoms with Crippen molar-refractivity contribution in [2.45, 2.75) is 39.2 Å². The Bertz CT molecular complexity index is 702. The highest BCUT2D eigenvalue weighted by molar-refractivity contribution is 5.99. The number of hydrogen-bond donors (Lipinski definition) is 3. The minimum Gasteiger partial charge on any atom is -0.354 e. The van der Waals surface area contributed by atoms with Crippen molar-refractivity contribution in [2.24, 2.45) is 0 Å². The summed E-state index contributed by atoms with van der Waals surface area (Å²) in [5.74, 6) is -1.01. The number of hydrogen-bond acceptors (Lipinski definition) is 4. The molecule has 27 heavy (non-hydrogen) atoms. The normalized spacial score (nSPS) is 14.6. The van der Waals surface area contributed by atoms with Gasteiger partial charge in [-0.05, 0) is 44.0 Å². The quantitative estimate of drug-likeness (QED) is 0.618. The lowest BCUT2D eigenvalue weighted by Crippen LogP contribution is -2.48. The Hall–Kier alpha value is -2.90. The second kappa shape index (κ2) is 9.70. The standard InChI is InChI=1S/C19H26N4O4/c1-3-10-20-18(26)13(2)22-16(24)12-21-19(27)14-6-8-15(9-7-14)23-11-4-5-17(23)25/h6-9,13H,3-5,10-12H2,1-2H3,(H,20,26)(H,21,27)(H,22,24)/t13-/m0/s1. The van der Waals surface area contributed by atoms with E-state index in [4.69, 9.17) is 0 Å². The van der Waals surface area contributed by atoms with Gasteiger partial charge < -0.3 is 20.9 Å². The predicted molar refractivity (Wildman–Crippen MR) is 101 cm³/mol. The van der Waals surface area contributed by atoms with Crippen molar-refractivity contribution in [1.29, 1.82) is 0 Å². The topological polar surface area (TPSA) is 108 Å². The molecule has 2 rings (SSSR count). The fraction of sp³-hybridized carbons (Fsp3) is 0.474. The Kier molecular flexibility index (Phi) is 7.34. The molecule has 1 fully saturated rings. The van der Waals surface area contributed by atoms with E-state index in [2.05, 4.69) is 16.0 Å². The van der Waals surface area contributed by atoms with Crippen molar-refractivity contribution in [2.75, 3.05) is 24.5 Å². The van der Waals surface area contributed by atoms with Crippen LogP contribution in [0.1, 0.15) is 43.5 Å². The fourth-order valence-electron chi connectivity index (χ4n) is 2.74. The number of nitrogens with one attached hydrogen (secondary N) is 3. The third-order valence-corrected chi connectivity index (χ3v) is 4.24. The van der Waals surface area contributed by atoms with Gasteiger partial charge in [0.05, 0.1) is 6.54 Å². The molecular formula is C19H26N4O4. The zero-order chi connectivity index (χ0) is 19.8. The molecule has 1 aliphatic rings. The highest BCUT2D eigenvalue weighted by Crippen LogP contribution is 2.21. The summed E-state index contributed by atoms with van der Waals surface area (Å²) in [5, 5.41) is 7.75. The molecule has 8 nitrogen and oxygen atoms in total. The fourth-order valence-corrected chi connectivity index (χ4v) is 2.74.